The zero-order valence-electron chi connectivity index (χ0n) is 14.7. The fourth-order valence-corrected chi connectivity index (χ4v) is 3.56. The molecule has 1 unspecified atom stereocenters. The number of H-pyrrole nitrogens is 1. The normalized spacial score (nSPS) is 17.1. The highest BCUT2D eigenvalue weighted by molar-refractivity contribution is 5.90. The van der Waals surface area contributed by atoms with Crippen LogP contribution in [0.3, 0.4) is 0 Å². The van der Waals surface area contributed by atoms with Gasteiger partial charge < -0.3 is 19.8 Å². The summed E-state index contributed by atoms with van der Waals surface area (Å²) in [7, 11) is 1.74. The SMILES string of the molecule is COCC1CCCc2[nH]c3cnc(OC(=O)NC(C)C)c(C)c3c21. The first-order valence-corrected chi connectivity index (χ1v) is 8.48. The van der Waals surface area contributed by atoms with Crippen molar-refractivity contribution >= 4 is 17.0 Å². The molecule has 0 saturated heterocycles. The standard InChI is InChI=1S/C18H25N3O3/c1-10(2)20-18(22)24-17-11(3)15-14(8-19-17)21-13-7-5-6-12(9-23-4)16(13)15/h8,10,12,21H,5-7,9H2,1-4H3,(H,20,22). The number of hydrogen-bond donors (Lipinski definition) is 2. The third-order valence-corrected chi connectivity index (χ3v) is 4.51. The van der Waals surface area contributed by atoms with Crippen molar-refractivity contribution in [3.05, 3.63) is 23.0 Å². The van der Waals surface area contributed by atoms with Crippen LogP contribution in [0.25, 0.3) is 10.9 Å². The molecule has 1 aliphatic rings. The highest BCUT2D eigenvalue weighted by atomic mass is 16.6. The predicted octanol–water partition coefficient (Wildman–Crippen LogP) is 3.43. The van der Waals surface area contributed by atoms with Crippen LogP contribution in [0.1, 0.15) is 49.4 Å². The van der Waals surface area contributed by atoms with Gasteiger partial charge in [-0.25, -0.2) is 9.78 Å². The second-order valence-electron chi connectivity index (χ2n) is 6.73. The highest BCUT2D eigenvalue weighted by Crippen LogP contribution is 2.40. The van der Waals surface area contributed by atoms with E-state index in [9.17, 15) is 4.79 Å². The Labute approximate surface area is 141 Å². The number of methoxy groups -OCH3 is 1. The molecule has 130 valence electrons. The second kappa shape index (κ2) is 6.81. The van der Waals surface area contributed by atoms with Crippen molar-refractivity contribution in [1.29, 1.82) is 0 Å². The topological polar surface area (TPSA) is 76.2 Å². The van der Waals surface area contributed by atoms with Gasteiger partial charge >= 0.3 is 6.09 Å². The fourth-order valence-electron chi connectivity index (χ4n) is 3.56. The number of carbonyl (C=O) groups excluding carboxylic acids is 1. The summed E-state index contributed by atoms with van der Waals surface area (Å²) in [6.07, 6.45) is 4.58. The number of aromatic nitrogens is 2. The lowest BCUT2D eigenvalue weighted by atomic mass is 9.85. The summed E-state index contributed by atoms with van der Waals surface area (Å²) in [6.45, 7) is 6.44. The Hall–Kier alpha value is -2.08. The number of carbonyl (C=O) groups is 1. The zero-order valence-corrected chi connectivity index (χ0v) is 14.7. The molecule has 0 aromatic carbocycles. The van der Waals surface area contributed by atoms with Crippen molar-refractivity contribution in [3.8, 4) is 5.88 Å². The van der Waals surface area contributed by atoms with Gasteiger partial charge in [0, 0.05) is 35.7 Å². The van der Waals surface area contributed by atoms with Gasteiger partial charge in [0.1, 0.15) is 0 Å². The third kappa shape index (κ3) is 3.11. The van der Waals surface area contributed by atoms with E-state index >= 15 is 0 Å². The van der Waals surface area contributed by atoms with E-state index in [-0.39, 0.29) is 6.04 Å². The van der Waals surface area contributed by atoms with E-state index < -0.39 is 6.09 Å². The molecule has 1 aliphatic carbocycles. The van der Waals surface area contributed by atoms with Gasteiger partial charge in [0.2, 0.25) is 5.88 Å². The average molecular weight is 331 g/mol. The molecule has 24 heavy (non-hydrogen) atoms. The quantitative estimate of drug-likeness (QED) is 0.900. The molecule has 0 bridgehead atoms. The summed E-state index contributed by atoms with van der Waals surface area (Å²) in [5, 5.41) is 3.84. The first-order chi connectivity index (χ1) is 11.5. The minimum Gasteiger partial charge on any atom is -0.391 e. The minimum absolute atomic E-state index is 0.0210. The number of aryl methyl sites for hydroxylation is 2. The second-order valence-corrected chi connectivity index (χ2v) is 6.73. The molecule has 1 amide bonds. The van der Waals surface area contributed by atoms with Crippen LogP contribution in [-0.4, -0.2) is 35.8 Å². The Bertz CT molecular complexity index is 752. The largest absolute Gasteiger partial charge is 0.414 e. The van der Waals surface area contributed by atoms with E-state index in [4.69, 9.17) is 9.47 Å². The maximum atomic E-state index is 11.9. The summed E-state index contributed by atoms with van der Waals surface area (Å²) in [4.78, 5) is 19.7. The molecule has 0 aliphatic heterocycles. The summed E-state index contributed by atoms with van der Waals surface area (Å²) >= 11 is 0. The van der Waals surface area contributed by atoms with E-state index in [0.29, 0.717) is 18.4 Å². The predicted molar refractivity (Wildman–Crippen MR) is 92.7 cm³/mol. The van der Waals surface area contributed by atoms with Gasteiger partial charge in [-0.3, -0.25) is 0 Å². The van der Waals surface area contributed by atoms with E-state index in [2.05, 4.69) is 15.3 Å². The molecule has 3 rings (SSSR count). The summed E-state index contributed by atoms with van der Waals surface area (Å²) in [5.41, 5.74) is 4.45. The highest BCUT2D eigenvalue weighted by Gasteiger charge is 2.27. The number of pyridine rings is 1. The Morgan fingerprint density at radius 1 is 1.50 bits per heavy atom. The van der Waals surface area contributed by atoms with Crippen LogP contribution in [-0.2, 0) is 11.2 Å². The van der Waals surface area contributed by atoms with Crippen LogP contribution < -0.4 is 10.1 Å². The van der Waals surface area contributed by atoms with Crippen LogP contribution in [0.5, 0.6) is 5.88 Å². The molecule has 0 saturated carbocycles. The van der Waals surface area contributed by atoms with Gasteiger partial charge in [-0.1, -0.05) is 0 Å². The van der Waals surface area contributed by atoms with Gasteiger partial charge in [-0.05, 0) is 45.6 Å². The van der Waals surface area contributed by atoms with Crippen molar-refractivity contribution in [2.45, 2.75) is 52.0 Å². The fraction of sp³-hybridized carbons (Fsp3) is 0.556. The number of nitrogens with one attached hydrogen (secondary N) is 2. The van der Waals surface area contributed by atoms with Crippen molar-refractivity contribution in [3.63, 3.8) is 0 Å². The Morgan fingerprint density at radius 3 is 3.00 bits per heavy atom. The molecule has 2 heterocycles. The molecular weight excluding hydrogens is 306 g/mol. The van der Waals surface area contributed by atoms with Crippen molar-refractivity contribution in [2.75, 3.05) is 13.7 Å². The number of fused-ring (bicyclic) bond motifs is 3. The smallest absolute Gasteiger partial charge is 0.391 e. The minimum atomic E-state index is -0.474. The summed E-state index contributed by atoms with van der Waals surface area (Å²) < 4.78 is 10.8. The number of hydrogen-bond acceptors (Lipinski definition) is 4. The van der Waals surface area contributed by atoms with E-state index in [1.54, 1.807) is 13.3 Å². The van der Waals surface area contributed by atoms with Crippen molar-refractivity contribution < 1.29 is 14.3 Å². The van der Waals surface area contributed by atoms with Crippen LogP contribution in [0.4, 0.5) is 4.79 Å². The number of aromatic amines is 1. The maximum Gasteiger partial charge on any atom is 0.414 e. The summed E-state index contributed by atoms with van der Waals surface area (Å²) in [5.74, 6) is 0.732. The molecule has 2 aromatic rings. The maximum absolute atomic E-state index is 11.9. The molecule has 0 radical (unpaired) electrons. The Kier molecular flexibility index (Phi) is 4.76. The number of amides is 1. The molecule has 0 fully saturated rings. The molecule has 2 aromatic heterocycles. The first-order valence-electron chi connectivity index (χ1n) is 8.48. The number of nitrogens with zero attached hydrogens (tertiary/aromatic N) is 1. The number of ether oxygens (including phenoxy) is 2. The molecule has 0 spiro atoms. The van der Waals surface area contributed by atoms with Gasteiger partial charge in [0.05, 0.1) is 18.3 Å². The van der Waals surface area contributed by atoms with Gasteiger partial charge in [-0.2, -0.15) is 0 Å². The lowest BCUT2D eigenvalue weighted by molar-refractivity contribution is 0.173. The van der Waals surface area contributed by atoms with Gasteiger partial charge in [0.25, 0.3) is 0 Å². The molecule has 6 nitrogen and oxygen atoms in total. The van der Waals surface area contributed by atoms with Gasteiger partial charge in [0.15, 0.2) is 0 Å². The Morgan fingerprint density at radius 2 is 2.29 bits per heavy atom. The van der Waals surface area contributed by atoms with Gasteiger partial charge in [-0.15, -0.1) is 0 Å². The van der Waals surface area contributed by atoms with E-state index in [1.807, 2.05) is 20.8 Å². The zero-order chi connectivity index (χ0) is 17.3. The Balaban J connectivity index is 2.01. The number of rotatable bonds is 4. The third-order valence-electron chi connectivity index (χ3n) is 4.51. The lowest BCUT2D eigenvalue weighted by Gasteiger charge is -2.22. The van der Waals surface area contributed by atoms with Crippen LogP contribution in [0.15, 0.2) is 6.20 Å². The molecular formula is C18H25N3O3. The van der Waals surface area contributed by atoms with Crippen LogP contribution in [0, 0.1) is 6.92 Å². The van der Waals surface area contributed by atoms with Crippen molar-refractivity contribution in [1.82, 2.24) is 15.3 Å². The van der Waals surface area contributed by atoms with Crippen LogP contribution >= 0.6 is 0 Å². The van der Waals surface area contributed by atoms with E-state index in [0.717, 1.165) is 35.7 Å². The monoisotopic (exact) mass is 331 g/mol. The molecule has 6 heteroatoms. The molecule has 1 atom stereocenters. The summed E-state index contributed by atoms with van der Waals surface area (Å²) in [6, 6.07) is 0.0210. The van der Waals surface area contributed by atoms with Crippen LogP contribution in [0.2, 0.25) is 0 Å². The molecule has 2 N–H and O–H groups in total. The van der Waals surface area contributed by atoms with Crippen molar-refractivity contribution in [2.24, 2.45) is 0 Å². The van der Waals surface area contributed by atoms with E-state index in [1.165, 1.54) is 11.3 Å². The average Bonchev–Trinajstić information content (AvgIpc) is 2.90. The lowest BCUT2D eigenvalue weighted by Crippen LogP contribution is -2.33. The first kappa shape index (κ1) is 16.8.